The lowest BCUT2D eigenvalue weighted by Crippen LogP contribution is -2.08. The Morgan fingerprint density at radius 3 is 2.38 bits per heavy atom. The molecule has 0 saturated heterocycles. The van der Waals surface area contributed by atoms with Gasteiger partial charge in [-0.05, 0) is 43.2 Å². The van der Waals surface area contributed by atoms with Gasteiger partial charge in [0.15, 0.2) is 0 Å². The number of aliphatic hydroxyl groups excluding tert-OH is 1. The van der Waals surface area contributed by atoms with Crippen LogP contribution in [0.4, 0.5) is 8.78 Å². The maximum atomic E-state index is 14.0. The van der Waals surface area contributed by atoms with Gasteiger partial charge in [-0.15, -0.1) is 0 Å². The van der Waals surface area contributed by atoms with Gasteiger partial charge in [0, 0.05) is 11.1 Å². The number of hydrogen-bond donors (Lipinski definition) is 1. The minimum atomic E-state index is -1.34. The summed E-state index contributed by atoms with van der Waals surface area (Å²) in [5, 5.41) is 10.1. The predicted octanol–water partition coefficient (Wildman–Crippen LogP) is 4.33. The topological polar surface area (TPSA) is 29.5 Å². The Labute approximate surface area is 126 Å². The number of hydrogen-bond acceptors (Lipinski definition) is 2. The van der Waals surface area contributed by atoms with Gasteiger partial charge in [0.2, 0.25) is 0 Å². The summed E-state index contributed by atoms with van der Waals surface area (Å²) in [6, 6.07) is 5.33. The Morgan fingerprint density at radius 2 is 1.76 bits per heavy atom. The molecule has 21 heavy (non-hydrogen) atoms. The summed E-state index contributed by atoms with van der Waals surface area (Å²) in [5.41, 5.74) is 1.91. The molecule has 1 atom stereocenters. The molecule has 112 valence electrons. The lowest BCUT2D eigenvalue weighted by molar-refractivity contribution is 0.208. The summed E-state index contributed by atoms with van der Waals surface area (Å²) < 4.78 is 32.7. The van der Waals surface area contributed by atoms with Gasteiger partial charge in [0.25, 0.3) is 0 Å². The third-order valence-electron chi connectivity index (χ3n) is 3.32. The van der Waals surface area contributed by atoms with Crippen molar-refractivity contribution in [2.45, 2.75) is 20.0 Å². The summed E-state index contributed by atoms with van der Waals surface area (Å²) in [4.78, 5) is 0. The minimum absolute atomic E-state index is 0.179. The number of aliphatic hydroxyl groups is 1. The third-order valence-corrected chi connectivity index (χ3v) is 3.61. The number of benzene rings is 2. The van der Waals surface area contributed by atoms with E-state index in [0.717, 1.165) is 23.3 Å². The standard InChI is InChI=1S/C16H15ClF2O2/c1-8-4-9(2)15(14(5-8)21-3)16(20)10-6-13(19)11(17)7-12(10)18/h4-7,16,20H,1-3H3. The first-order chi connectivity index (χ1) is 9.85. The molecule has 1 N–H and O–H groups in total. The second kappa shape index (κ2) is 6.00. The molecule has 2 aromatic carbocycles. The maximum absolute atomic E-state index is 14.0. The van der Waals surface area contributed by atoms with Gasteiger partial charge in [-0.3, -0.25) is 0 Å². The zero-order chi connectivity index (χ0) is 15.7. The van der Waals surface area contributed by atoms with Crippen molar-refractivity contribution in [2.24, 2.45) is 0 Å². The van der Waals surface area contributed by atoms with Gasteiger partial charge >= 0.3 is 0 Å². The number of methoxy groups -OCH3 is 1. The van der Waals surface area contributed by atoms with Crippen LogP contribution < -0.4 is 4.74 Å². The second-order valence-electron chi connectivity index (χ2n) is 4.89. The van der Waals surface area contributed by atoms with E-state index in [2.05, 4.69) is 0 Å². The molecule has 0 fully saturated rings. The first-order valence-electron chi connectivity index (χ1n) is 6.32. The quantitative estimate of drug-likeness (QED) is 0.855. The van der Waals surface area contributed by atoms with Crippen LogP contribution in [0.3, 0.4) is 0 Å². The maximum Gasteiger partial charge on any atom is 0.142 e. The molecule has 2 rings (SSSR count). The van der Waals surface area contributed by atoms with E-state index in [1.807, 2.05) is 13.0 Å². The van der Waals surface area contributed by atoms with E-state index in [1.54, 1.807) is 13.0 Å². The lowest BCUT2D eigenvalue weighted by Gasteiger charge is -2.19. The summed E-state index contributed by atoms with van der Waals surface area (Å²) >= 11 is 5.53. The summed E-state index contributed by atoms with van der Waals surface area (Å²) in [5.74, 6) is -1.12. The van der Waals surface area contributed by atoms with Crippen LogP contribution in [-0.4, -0.2) is 12.2 Å². The van der Waals surface area contributed by atoms with E-state index in [9.17, 15) is 13.9 Å². The van der Waals surface area contributed by atoms with Crippen molar-refractivity contribution in [3.05, 3.63) is 63.2 Å². The van der Waals surface area contributed by atoms with Crippen molar-refractivity contribution in [3.63, 3.8) is 0 Å². The summed E-state index contributed by atoms with van der Waals surface area (Å²) in [7, 11) is 1.46. The van der Waals surface area contributed by atoms with E-state index in [-0.39, 0.29) is 10.6 Å². The van der Waals surface area contributed by atoms with Gasteiger partial charge in [0.1, 0.15) is 23.5 Å². The molecule has 0 aliphatic heterocycles. The van der Waals surface area contributed by atoms with Crippen LogP contribution in [0.5, 0.6) is 5.75 Å². The molecule has 0 heterocycles. The molecule has 0 amide bonds. The highest BCUT2D eigenvalue weighted by Crippen LogP contribution is 2.35. The average molecular weight is 313 g/mol. The van der Waals surface area contributed by atoms with Crippen LogP contribution in [-0.2, 0) is 0 Å². The fourth-order valence-corrected chi connectivity index (χ4v) is 2.51. The van der Waals surface area contributed by atoms with Crippen molar-refractivity contribution in [3.8, 4) is 5.75 Å². The van der Waals surface area contributed by atoms with Gasteiger partial charge in [-0.25, -0.2) is 8.78 Å². The number of ether oxygens (including phenoxy) is 1. The van der Waals surface area contributed by atoms with Crippen LogP contribution in [0.1, 0.15) is 28.4 Å². The Bertz CT molecular complexity index is 686. The van der Waals surface area contributed by atoms with E-state index < -0.39 is 17.7 Å². The first kappa shape index (κ1) is 15.7. The van der Waals surface area contributed by atoms with Crippen LogP contribution in [0, 0.1) is 25.5 Å². The summed E-state index contributed by atoms with van der Waals surface area (Å²) in [6.07, 6.45) is -1.34. The van der Waals surface area contributed by atoms with Gasteiger partial charge in [0.05, 0.1) is 12.1 Å². The number of aryl methyl sites for hydroxylation is 2. The zero-order valence-corrected chi connectivity index (χ0v) is 12.6. The fraction of sp³-hybridized carbons (Fsp3) is 0.250. The Morgan fingerprint density at radius 1 is 1.10 bits per heavy atom. The van der Waals surface area contributed by atoms with Crippen LogP contribution in [0.15, 0.2) is 24.3 Å². The van der Waals surface area contributed by atoms with Crippen molar-refractivity contribution in [1.29, 1.82) is 0 Å². The predicted molar refractivity (Wildman–Crippen MR) is 77.9 cm³/mol. The highest BCUT2D eigenvalue weighted by Gasteiger charge is 2.23. The molecular weight excluding hydrogens is 298 g/mol. The molecule has 0 radical (unpaired) electrons. The molecule has 0 saturated carbocycles. The Kier molecular flexibility index (Phi) is 4.49. The monoisotopic (exact) mass is 312 g/mol. The molecular formula is C16H15ClF2O2. The SMILES string of the molecule is COc1cc(C)cc(C)c1C(O)c1cc(F)c(Cl)cc1F. The average Bonchev–Trinajstić information content (AvgIpc) is 2.41. The second-order valence-corrected chi connectivity index (χ2v) is 5.30. The zero-order valence-electron chi connectivity index (χ0n) is 11.9. The largest absolute Gasteiger partial charge is 0.496 e. The fourth-order valence-electron chi connectivity index (χ4n) is 2.36. The van der Waals surface area contributed by atoms with Gasteiger partial charge < -0.3 is 9.84 Å². The van der Waals surface area contributed by atoms with Crippen LogP contribution >= 0.6 is 11.6 Å². The lowest BCUT2D eigenvalue weighted by atomic mass is 9.94. The van der Waals surface area contributed by atoms with Crippen molar-refractivity contribution in [1.82, 2.24) is 0 Å². The number of rotatable bonds is 3. The van der Waals surface area contributed by atoms with Crippen LogP contribution in [0.2, 0.25) is 5.02 Å². The molecule has 5 heteroatoms. The molecule has 0 aliphatic rings. The molecule has 0 spiro atoms. The third kappa shape index (κ3) is 3.01. The normalized spacial score (nSPS) is 12.3. The minimum Gasteiger partial charge on any atom is -0.496 e. The Balaban J connectivity index is 2.60. The van der Waals surface area contributed by atoms with E-state index in [4.69, 9.17) is 16.3 Å². The highest BCUT2D eigenvalue weighted by atomic mass is 35.5. The van der Waals surface area contributed by atoms with Crippen molar-refractivity contribution < 1.29 is 18.6 Å². The van der Waals surface area contributed by atoms with Gasteiger partial charge in [-0.2, -0.15) is 0 Å². The summed E-state index contributed by atoms with van der Waals surface area (Å²) in [6.45, 7) is 3.66. The van der Waals surface area contributed by atoms with E-state index >= 15 is 0 Å². The molecule has 2 nitrogen and oxygen atoms in total. The molecule has 1 unspecified atom stereocenters. The van der Waals surface area contributed by atoms with Crippen LogP contribution in [0.25, 0.3) is 0 Å². The Hall–Kier alpha value is -1.65. The van der Waals surface area contributed by atoms with E-state index in [1.165, 1.54) is 7.11 Å². The molecule has 0 aliphatic carbocycles. The first-order valence-corrected chi connectivity index (χ1v) is 6.70. The molecule has 2 aromatic rings. The highest BCUT2D eigenvalue weighted by molar-refractivity contribution is 6.30. The van der Waals surface area contributed by atoms with E-state index in [0.29, 0.717) is 11.3 Å². The van der Waals surface area contributed by atoms with Crippen molar-refractivity contribution >= 4 is 11.6 Å². The smallest absolute Gasteiger partial charge is 0.142 e. The molecule has 0 bridgehead atoms. The molecule has 0 aromatic heterocycles. The van der Waals surface area contributed by atoms with Crippen molar-refractivity contribution in [2.75, 3.05) is 7.11 Å². The number of halogens is 3. The van der Waals surface area contributed by atoms with Gasteiger partial charge in [-0.1, -0.05) is 17.7 Å².